The molecule has 1 aromatic carbocycles. The van der Waals surface area contributed by atoms with Crippen LogP contribution in [0.25, 0.3) is 5.69 Å². The van der Waals surface area contributed by atoms with E-state index >= 15 is 0 Å². The van der Waals surface area contributed by atoms with Crippen molar-refractivity contribution in [1.29, 1.82) is 0 Å². The minimum atomic E-state index is -0.610. The van der Waals surface area contributed by atoms with Crippen molar-refractivity contribution < 1.29 is 5.11 Å². The standard InChI is InChI=1S/C11H11Cl2N3O/c1-2-11(17)9-6-16(15-14-9)10-5-7(12)3-4-8(10)13/h3-6,11,17H,2H2,1H3. The first-order valence-electron chi connectivity index (χ1n) is 5.17. The van der Waals surface area contributed by atoms with E-state index in [0.717, 1.165) is 0 Å². The van der Waals surface area contributed by atoms with E-state index in [-0.39, 0.29) is 0 Å². The van der Waals surface area contributed by atoms with E-state index in [0.29, 0.717) is 27.8 Å². The van der Waals surface area contributed by atoms with Crippen LogP contribution >= 0.6 is 23.2 Å². The molecule has 1 heterocycles. The van der Waals surface area contributed by atoms with Crippen LogP contribution in [0.3, 0.4) is 0 Å². The molecule has 0 radical (unpaired) electrons. The van der Waals surface area contributed by atoms with Crippen molar-refractivity contribution in [2.45, 2.75) is 19.4 Å². The van der Waals surface area contributed by atoms with Crippen LogP contribution in [0.5, 0.6) is 0 Å². The van der Waals surface area contributed by atoms with Gasteiger partial charge in [0.25, 0.3) is 0 Å². The van der Waals surface area contributed by atoms with Crippen molar-refractivity contribution >= 4 is 23.2 Å². The molecule has 2 rings (SSSR count). The van der Waals surface area contributed by atoms with E-state index in [4.69, 9.17) is 23.2 Å². The minimum Gasteiger partial charge on any atom is -0.387 e. The second kappa shape index (κ2) is 5.04. The van der Waals surface area contributed by atoms with Gasteiger partial charge in [-0.1, -0.05) is 35.3 Å². The third-order valence-corrected chi connectivity index (χ3v) is 2.95. The number of nitrogens with zero attached hydrogens (tertiary/aromatic N) is 3. The first-order chi connectivity index (χ1) is 8.11. The van der Waals surface area contributed by atoms with Gasteiger partial charge in [0.05, 0.1) is 23.0 Å². The number of rotatable bonds is 3. The van der Waals surface area contributed by atoms with Gasteiger partial charge < -0.3 is 5.11 Å². The molecule has 17 heavy (non-hydrogen) atoms. The zero-order valence-electron chi connectivity index (χ0n) is 9.14. The van der Waals surface area contributed by atoms with Crippen LogP contribution in [-0.2, 0) is 0 Å². The molecule has 0 amide bonds. The average Bonchev–Trinajstić information content (AvgIpc) is 2.80. The molecular weight excluding hydrogens is 261 g/mol. The normalized spacial score (nSPS) is 12.7. The summed E-state index contributed by atoms with van der Waals surface area (Å²) in [5.41, 5.74) is 1.16. The van der Waals surface area contributed by atoms with Gasteiger partial charge in [-0.3, -0.25) is 0 Å². The molecule has 0 aliphatic rings. The summed E-state index contributed by atoms with van der Waals surface area (Å²) in [5, 5.41) is 18.5. The second-order valence-electron chi connectivity index (χ2n) is 3.61. The van der Waals surface area contributed by atoms with E-state index in [1.807, 2.05) is 6.92 Å². The van der Waals surface area contributed by atoms with Gasteiger partial charge >= 0.3 is 0 Å². The number of benzene rings is 1. The van der Waals surface area contributed by atoms with E-state index in [1.54, 1.807) is 24.4 Å². The lowest BCUT2D eigenvalue weighted by molar-refractivity contribution is 0.169. The lowest BCUT2D eigenvalue weighted by Gasteiger charge is -2.04. The van der Waals surface area contributed by atoms with Gasteiger partial charge in [0, 0.05) is 5.02 Å². The smallest absolute Gasteiger partial charge is 0.112 e. The topological polar surface area (TPSA) is 50.9 Å². The summed E-state index contributed by atoms with van der Waals surface area (Å²) in [6, 6.07) is 5.09. The molecule has 4 nitrogen and oxygen atoms in total. The molecule has 1 N–H and O–H groups in total. The Morgan fingerprint density at radius 2 is 2.18 bits per heavy atom. The van der Waals surface area contributed by atoms with Gasteiger partial charge in [-0.05, 0) is 24.6 Å². The molecule has 0 saturated carbocycles. The van der Waals surface area contributed by atoms with E-state index in [9.17, 15) is 5.11 Å². The van der Waals surface area contributed by atoms with E-state index in [2.05, 4.69) is 10.3 Å². The van der Waals surface area contributed by atoms with Crippen molar-refractivity contribution in [3.63, 3.8) is 0 Å². The average molecular weight is 272 g/mol. The molecule has 0 aliphatic heterocycles. The summed E-state index contributed by atoms with van der Waals surface area (Å²) in [5.74, 6) is 0. The highest BCUT2D eigenvalue weighted by molar-refractivity contribution is 6.34. The quantitative estimate of drug-likeness (QED) is 0.934. The zero-order chi connectivity index (χ0) is 12.4. The number of hydrogen-bond donors (Lipinski definition) is 1. The third kappa shape index (κ3) is 2.60. The van der Waals surface area contributed by atoms with Crippen LogP contribution in [-0.4, -0.2) is 20.1 Å². The number of aliphatic hydroxyl groups excluding tert-OH is 1. The lowest BCUT2D eigenvalue weighted by atomic mass is 10.2. The van der Waals surface area contributed by atoms with Crippen LogP contribution in [0, 0.1) is 0 Å². The summed E-state index contributed by atoms with van der Waals surface area (Å²) in [7, 11) is 0. The van der Waals surface area contributed by atoms with Crippen molar-refractivity contribution in [2.24, 2.45) is 0 Å². The molecule has 1 unspecified atom stereocenters. The van der Waals surface area contributed by atoms with Gasteiger partial charge in [0.15, 0.2) is 0 Å². The molecular formula is C11H11Cl2N3O. The van der Waals surface area contributed by atoms with Crippen molar-refractivity contribution in [2.75, 3.05) is 0 Å². The molecule has 1 aromatic heterocycles. The highest BCUT2D eigenvalue weighted by Crippen LogP contribution is 2.24. The zero-order valence-corrected chi connectivity index (χ0v) is 10.7. The summed E-state index contributed by atoms with van der Waals surface area (Å²) >= 11 is 11.9. The van der Waals surface area contributed by atoms with Gasteiger partial charge in [-0.15, -0.1) is 5.10 Å². The number of aromatic nitrogens is 3. The Labute approximate surface area is 109 Å². The Morgan fingerprint density at radius 3 is 2.88 bits per heavy atom. The number of hydrogen-bond acceptors (Lipinski definition) is 3. The molecule has 0 aliphatic carbocycles. The van der Waals surface area contributed by atoms with Crippen molar-refractivity contribution in [3.05, 3.63) is 40.1 Å². The highest BCUT2D eigenvalue weighted by atomic mass is 35.5. The Kier molecular flexibility index (Phi) is 3.66. The Hall–Kier alpha value is -1.10. The SMILES string of the molecule is CCC(O)c1cn(-c2cc(Cl)ccc2Cl)nn1. The molecule has 0 spiro atoms. The van der Waals surface area contributed by atoms with Gasteiger partial charge in [0.2, 0.25) is 0 Å². The fourth-order valence-corrected chi connectivity index (χ4v) is 1.79. The first kappa shape index (κ1) is 12.4. The highest BCUT2D eigenvalue weighted by Gasteiger charge is 2.12. The van der Waals surface area contributed by atoms with Crippen LogP contribution in [0.2, 0.25) is 10.0 Å². The van der Waals surface area contributed by atoms with Crippen LogP contribution in [0.4, 0.5) is 0 Å². The number of halogens is 2. The number of aliphatic hydroxyl groups is 1. The summed E-state index contributed by atoms with van der Waals surface area (Å²) in [6.07, 6.45) is 1.62. The summed E-state index contributed by atoms with van der Waals surface area (Å²) < 4.78 is 1.50. The van der Waals surface area contributed by atoms with Crippen LogP contribution in [0.1, 0.15) is 25.1 Å². The molecule has 1 atom stereocenters. The Balaban J connectivity index is 2.40. The predicted molar refractivity (Wildman–Crippen MR) is 66.6 cm³/mol. The molecule has 0 bridgehead atoms. The molecule has 6 heteroatoms. The van der Waals surface area contributed by atoms with E-state index in [1.165, 1.54) is 4.68 Å². The van der Waals surface area contributed by atoms with Crippen molar-refractivity contribution in [1.82, 2.24) is 15.0 Å². The first-order valence-corrected chi connectivity index (χ1v) is 5.93. The fourth-order valence-electron chi connectivity index (χ4n) is 1.42. The molecule has 90 valence electrons. The van der Waals surface area contributed by atoms with E-state index < -0.39 is 6.10 Å². The maximum absolute atomic E-state index is 9.64. The predicted octanol–water partition coefficient (Wildman–Crippen LogP) is 3.02. The monoisotopic (exact) mass is 271 g/mol. The maximum atomic E-state index is 9.64. The lowest BCUT2D eigenvalue weighted by Crippen LogP contribution is -1.96. The molecule has 0 fully saturated rings. The Morgan fingerprint density at radius 1 is 1.41 bits per heavy atom. The second-order valence-corrected chi connectivity index (χ2v) is 4.45. The third-order valence-electron chi connectivity index (χ3n) is 2.39. The van der Waals surface area contributed by atoms with Gasteiger partial charge in [-0.25, -0.2) is 4.68 Å². The van der Waals surface area contributed by atoms with Gasteiger partial charge in [-0.2, -0.15) is 0 Å². The Bertz CT molecular complexity index is 527. The summed E-state index contributed by atoms with van der Waals surface area (Å²) in [6.45, 7) is 1.87. The van der Waals surface area contributed by atoms with Crippen LogP contribution < -0.4 is 0 Å². The summed E-state index contributed by atoms with van der Waals surface area (Å²) in [4.78, 5) is 0. The maximum Gasteiger partial charge on any atom is 0.112 e. The largest absolute Gasteiger partial charge is 0.387 e. The van der Waals surface area contributed by atoms with Crippen molar-refractivity contribution in [3.8, 4) is 5.69 Å². The fraction of sp³-hybridized carbons (Fsp3) is 0.273. The molecule has 2 aromatic rings. The molecule has 0 saturated heterocycles. The van der Waals surface area contributed by atoms with Gasteiger partial charge in [0.1, 0.15) is 5.69 Å². The van der Waals surface area contributed by atoms with Crippen LogP contribution in [0.15, 0.2) is 24.4 Å². The minimum absolute atomic E-state index is 0.517.